The van der Waals surface area contributed by atoms with Crippen molar-refractivity contribution in [1.82, 2.24) is 19.4 Å². The molecule has 1 amide bonds. The van der Waals surface area contributed by atoms with Crippen molar-refractivity contribution in [3.05, 3.63) is 71.9 Å². The lowest BCUT2D eigenvalue weighted by atomic mass is 9.99. The SMILES string of the molecule is Cc1ccccc1CC(=O)N1C[C@H]2Cn3c(-c4cccnc4)cnc3[C@H]2C1.O=C(O)C(F)(F)F. The second-order valence-electron chi connectivity index (χ2n) is 8.43. The highest BCUT2D eigenvalue weighted by Crippen LogP contribution is 2.41. The van der Waals surface area contributed by atoms with Crippen LogP contribution in [0.1, 0.15) is 22.9 Å². The molecule has 1 fully saturated rings. The van der Waals surface area contributed by atoms with Crippen LogP contribution in [0.4, 0.5) is 13.2 Å². The number of carbonyl (C=O) groups excluding carboxylic acids is 1. The molecule has 0 aliphatic carbocycles. The number of carboxylic acid groups (broad SMARTS) is 1. The summed E-state index contributed by atoms with van der Waals surface area (Å²) in [7, 11) is 0. The second kappa shape index (κ2) is 9.28. The van der Waals surface area contributed by atoms with Crippen LogP contribution in [0.25, 0.3) is 11.3 Å². The van der Waals surface area contributed by atoms with Crippen LogP contribution in [0.15, 0.2) is 55.0 Å². The summed E-state index contributed by atoms with van der Waals surface area (Å²) >= 11 is 0. The Labute approximate surface area is 193 Å². The van der Waals surface area contributed by atoms with Crippen molar-refractivity contribution in [2.75, 3.05) is 13.1 Å². The zero-order chi connectivity index (χ0) is 24.5. The summed E-state index contributed by atoms with van der Waals surface area (Å²) in [5.74, 6) is -0.608. The number of fused-ring (bicyclic) bond motifs is 3. The zero-order valence-electron chi connectivity index (χ0n) is 18.4. The second-order valence-corrected chi connectivity index (χ2v) is 8.43. The molecule has 2 aliphatic rings. The molecule has 0 bridgehead atoms. The number of hydrogen-bond acceptors (Lipinski definition) is 4. The molecule has 2 aliphatic heterocycles. The number of carboxylic acids is 1. The van der Waals surface area contributed by atoms with Gasteiger partial charge in [0.2, 0.25) is 5.91 Å². The first-order valence-electron chi connectivity index (χ1n) is 10.7. The Morgan fingerprint density at radius 1 is 1.09 bits per heavy atom. The predicted octanol–water partition coefficient (Wildman–Crippen LogP) is 3.69. The molecule has 0 unspecified atom stereocenters. The number of carbonyl (C=O) groups is 2. The number of halogens is 3. The number of aryl methyl sites for hydroxylation is 1. The quantitative estimate of drug-likeness (QED) is 0.628. The molecule has 0 saturated carbocycles. The average Bonchev–Trinajstić information content (AvgIpc) is 3.47. The molecule has 2 aromatic heterocycles. The number of benzene rings is 1. The first-order valence-corrected chi connectivity index (χ1v) is 10.7. The van der Waals surface area contributed by atoms with Crippen molar-refractivity contribution in [1.29, 1.82) is 0 Å². The molecular weight excluding hydrogens is 449 g/mol. The number of imidazole rings is 1. The van der Waals surface area contributed by atoms with Gasteiger partial charge >= 0.3 is 12.1 Å². The fourth-order valence-corrected chi connectivity index (χ4v) is 4.49. The van der Waals surface area contributed by atoms with Gasteiger partial charge in [-0.2, -0.15) is 13.2 Å². The molecule has 4 heterocycles. The maximum absolute atomic E-state index is 12.8. The Morgan fingerprint density at radius 3 is 2.47 bits per heavy atom. The molecule has 178 valence electrons. The highest BCUT2D eigenvalue weighted by atomic mass is 19.4. The number of likely N-dealkylation sites (tertiary alicyclic amines) is 1. The Balaban J connectivity index is 0.000000344. The number of nitrogens with zero attached hydrogens (tertiary/aromatic N) is 4. The van der Waals surface area contributed by atoms with E-state index in [0.29, 0.717) is 18.3 Å². The van der Waals surface area contributed by atoms with E-state index in [2.05, 4.69) is 34.7 Å². The van der Waals surface area contributed by atoms with Gasteiger partial charge in [0.1, 0.15) is 5.82 Å². The number of alkyl halides is 3. The molecule has 0 radical (unpaired) electrons. The van der Waals surface area contributed by atoms with Crippen molar-refractivity contribution in [2.24, 2.45) is 5.92 Å². The minimum absolute atomic E-state index is 0.226. The van der Waals surface area contributed by atoms with Crippen LogP contribution >= 0.6 is 0 Å². The van der Waals surface area contributed by atoms with E-state index in [1.165, 1.54) is 5.56 Å². The number of aliphatic carboxylic acids is 1. The van der Waals surface area contributed by atoms with E-state index < -0.39 is 12.1 Å². The Kier molecular flexibility index (Phi) is 6.41. The maximum Gasteiger partial charge on any atom is 0.490 e. The van der Waals surface area contributed by atoms with Gasteiger partial charge in [-0.05, 0) is 30.2 Å². The summed E-state index contributed by atoms with van der Waals surface area (Å²) in [6.07, 6.45) is 1.02. The van der Waals surface area contributed by atoms with Gasteiger partial charge in [-0.1, -0.05) is 24.3 Å². The third kappa shape index (κ3) is 4.80. The van der Waals surface area contributed by atoms with Gasteiger partial charge in [0.25, 0.3) is 0 Å². The monoisotopic (exact) mass is 472 g/mol. The van der Waals surface area contributed by atoms with Gasteiger partial charge in [-0.15, -0.1) is 0 Å². The lowest BCUT2D eigenvalue weighted by Gasteiger charge is -2.18. The minimum atomic E-state index is -5.08. The van der Waals surface area contributed by atoms with E-state index in [0.717, 1.165) is 42.3 Å². The van der Waals surface area contributed by atoms with Crippen LogP contribution in [0, 0.1) is 12.8 Å². The summed E-state index contributed by atoms with van der Waals surface area (Å²) in [5, 5.41) is 7.12. The van der Waals surface area contributed by atoms with Gasteiger partial charge in [0.15, 0.2) is 0 Å². The molecule has 0 spiro atoms. The number of rotatable bonds is 3. The largest absolute Gasteiger partial charge is 0.490 e. The van der Waals surface area contributed by atoms with Crippen LogP contribution in [0.3, 0.4) is 0 Å². The smallest absolute Gasteiger partial charge is 0.475 e. The normalized spacial score (nSPS) is 18.6. The van der Waals surface area contributed by atoms with E-state index in [4.69, 9.17) is 14.9 Å². The van der Waals surface area contributed by atoms with Gasteiger partial charge in [0, 0.05) is 49.4 Å². The Bertz CT molecular complexity index is 1190. The molecular formula is C24H23F3N4O3. The summed E-state index contributed by atoms with van der Waals surface area (Å²) in [4.78, 5) is 32.7. The highest BCUT2D eigenvalue weighted by Gasteiger charge is 2.43. The molecule has 34 heavy (non-hydrogen) atoms. The fraction of sp³-hybridized carbons (Fsp3) is 0.333. The molecule has 10 heteroatoms. The van der Waals surface area contributed by atoms with E-state index in [1.807, 2.05) is 35.5 Å². The van der Waals surface area contributed by atoms with Gasteiger partial charge in [-0.25, -0.2) is 9.78 Å². The number of hydrogen-bond donors (Lipinski definition) is 1. The number of amides is 1. The molecule has 5 rings (SSSR count). The Morgan fingerprint density at radius 2 is 1.82 bits per heavy atom. The lowest BCUT2D eigenvalue weighted by molar-refractivity contribution is -0.192. The van der Waals surface area contributed by atoms with Crippen LogP contribution < -0.4 is 0 Å². The number of aromatic nitrogens is 3. The van der Waals surface area contributed by atoms with Crippen molar-refractivity contribution in [3.63, 3.8) is 0 Å². The van der Waals surface area contributed by atoms with Gasteiger partial charge < -0.3 is 14.6 Å². The van der Waals surface area contributed by atoms with Crippen LogP contribution in [0.2, 0.25) is 0 Å². The summed E-state index contributed by atoms with van der Waals surface area (Å²) < 4.78 is 34.1. The van der Waals surface area contributed by atoms with Crippen LogP contribution in [0.5, 0.6) is 0 Å². The predicted molar refractivity (Wildman–Crippen MR) is 117 cm³/mol. The molecule has 2 atom stereocenters. The summed E-state index contributed by atoms with van der Waals surface area (Å²) in [6.45, 7) is 4.60. The first kappa shape index (κ1) is 23.5. The maximum atomic E-state index is 12.8. The fourth-order valence-electron chi connectivity index (χ4n) is 4.49. The zero-order valence-corrected chi connectivity index (χ0v) is 18.4. The standard InChI is InChI=1S/C22H22N4O.C2HF3O2/c1-15-5-2-3-6-16(15)9-21(27)25-12-18-13-26-20(17-7-4-8-23-10-17)11-24-22(26)19(18)14-25;3-2(4,5)1(6)7/h2-8,10-11,18-19H,9,12-14H2,1H3;(H,6,7)/t18-,19-;/m0./s1. The van der Waals surface area contributed by atoms with Crippen molar-refractivity contribution >= 4 is 11.9 Å². The molecule has 1 N–H and O–H groups in total. The van der Waals surface area contributed by atoms with Crippen molar-refractivity contribution in [2.45, 2.75) is 32.0 Å². The molecule has 3 aromatic rings. The van der Waals surface area contributed by atoms with E-state index >= 15 is 0 Å². The van der Waals surface area contributed by atoms with Gasteiger partial charge in [0.05, 0.1) is 18.3 Å². The first-order chi connectivity index (χ1) is 16.1. The molecule has 1 saturated heterocycles. The van der Waals surface area contributed by atoms with Crippen LogP contribution in [-0.2, 0) is 22.6 Å². The van der Waals surface area contributed by atoms with Crippen molar-refractivity contribution < 1.29 is 27.9 Å². The highest BCUT2D eigenvalue weighted by molar-refractivity contribution is 5.79. The average molecular weight is 472 g/mol. The summed E-state index contributed by atoms with van der Waals surface area (Å²) in [6, 6.07) is 12.2. The van der Waals surface area contributed by atoms with Gasteiger partial charge in [-0.3, -0.25) is 9.78 Å². The van der Waals surface area contributed by atoms with Crippen molar-refractivity contribution in [3.8, 4) is 11.3 Å². The van der Waals surface area contributed by atoms with E-state index in [-0.39, 0.29) is 5.91 Å². The lowest BCUT2D eigenvalue weighted by Crippen LogP contribution is -2.31. The third-order valence-corrected chi connectivity index (χ3v) is 6.23. The summed E-state index contributed by atoms with van der Waals surface area (Å²) in [5.41, 5.74) is 4.54. The van der Waals surface area contributed by atoms with E-state index in [1.54, 1.807) is 6.20 Å². The van der Waals surface area contributed by atoms with E-state index in [9.17, 15) is 18.0 Å². The minimum Gasteiger partial charge on any atom is -0.475 e. The third-order valence-electron chi connectivity index (χ3n) is 6.23. The topological polar surface area (TPSA) is 88.3 Å². The van der Waals surface area contributed by atoms with Crippen LogP contribution in [-0.4, -0.2) is 55.7 Å². The molecule has 7 nitrogen and oxygen atoms in total. The number of pyridine rings is 1. The Hall–Kier alpha value is -3.69. The molecule has 1 aromatic carbocycles.